The minimum atomic E-state index is 0.105. The molecule has 2 aliphatic rings. The van der Waals surface area contributed by atoms with Gasteiger partial charge in [-0.2, -0.15) is 5.10 Å². The number of morpholine rings is 1. The molecule has 2 aromatic rings. The molecule has 2 fully saturated rings. The molecule has 1 amide bonds. The first-order chi connectivity index (χ1) is 13.1. The van der Waals surface area contributed by atoms with Crippen molar-refractivity contribution in [1.82, 2.24) is 20.0 Å². The number of carbonyl (C=O) groups excluding carboxylic acids is 1. The number of aromatic nitrogens is 2. The molecule has 0 bridgehead atoms. The van der Waals surface area contributed by atoms with Crippen LogP contribution in [0.1, 0.15) is 35.9 Å². The quantitative estimate of drug-likeness (QED) is 0.879. The van der Waals surface area contributed by atoms with E-state index >= 15 is 0 Å². The molecule has 1 N–H and O–H groups in total. The van der Waals surface area contributed by atoms with Crippen molar-refractivity contribution in [3.63, 3.8) is 0 Å². The molecule has 0 spiro atoms. The van der Waals surface area contributed by atoms with Crippen LogP contribution in [0.4, 0.5) is 0 Å². The number of aryl methyl sites for hydroxylation is 3. The molecule has 0 radical (unpaired) electrons. The summed E-state index contributed by atoms with van der Waals surface area (Å²) in [4.78, 5) is 14.8. The zero-order chi connectivity index (χ0) is 18.8. The highest BCUT2D eigenvalue weighted by molar-refractivity contribution is 5.76. The summed E-state index contributed by atoms with van der Waals surface area (Å²) in [6.07, 6.45) is 1.56. The van der Waals surface area contributed by atoms with E-state index in [1.807, 2.05) is 30.7 Å². The third-order valence-corrected chi connectivity index (χ3v) is 5.61. The van der Waals surface area contributed by atoms with Gasteiger partial charge in [-0.05, 0) is 31.9 Å². The number of carbonyl (C=O) groups is 1. The van der Waals surface area contributed by atoms with Crippen LogP contribution in [0.2, 0.25) is 0 Å². The summed E-state index contributed by atoms with van der Waals surface area (Å²) in [5.41, 5.74) is 3.32. The second-order valence-corrected chi connectivity index (χ2v) is 7.74. The van der Waals surface area contributed by atoms with E-state index < -0.39 is 0 Å². The Morgan fingerprint density at radius 1 is 1.26 bits per heavy atom. The Balaban J connectivity index is 1.27. The van der Waals surface area contributed by atoms with Crippen molar-refractivity contribution in [2.75, 3.05) is 19.7 Å². The smallest absolute Gasteiger partial charge is 0.222 e. The summed E-state index contributed by atoms with van der Waals surface area (Å²) in [5.74, 6) is 0.105. The Kier molecular flexibility index (Phi) is 5.27. The lowest BCUT2D eigenvalue weighted by Gasteiger charge is -2.35. The van der Waals surface area contributed by atoms with Gasteiger partial charge in [0.1, 0.15) is 0 Å². The van der Waals surface area contributed by atoms with Gasteiger partial charge in [0, 0.05) is 43.8 Å². The van der Waals surface area contributed by atoms with Crippen LogP contribution in [-0.4, -0.2) is 52.4 Å². The maximum Gasteiger partial charge on any atom is 0.222 e. The fourth-order valence-corrected chi connectivity index (χ4v) is 4.26. The van der Waals surface area contributed by atoms with E-state index in [4.69, 9.17) is 4.74 Å². The van der Waals surface area contributed by atoms with Crippen LogP contribution in [0.15, 0.2) is 36.4 Å². The van der Waals surface area contributed by atoms with Gasteiger partial charge in [0.05, 0.1) is 18.4 Å². The van der Waals surface area contributed by atoms with Crippen LogP contribution in [0, 0.1) is 13.8 Å². The van der Waals surface area contributed by atoms with E-state index in [1.165, 1.54) is 5.56 Å². The highest BCUT2D eigenvalue weighted by Crippen LogP contribution is 2.30. The van der Waals surface area contributed by atoms with Crippen molar-refractivity contribution in [2.24, 2.45) is 0 Å². The maximum absolute atomic E-state index is 12.4. The molecule has 0 unspecified atom stereocenters. The van der Waals surface area contributed by atoms with Gasteiger partial charge in [0.25, 0.3) is 0 Å². The van der Waals surface area contributed by atoms with Gasteiger partial charge in [0.15, 0.2) is 0 Å². The Labute approximate surface area is 160 Å². The van der Waals surface area contributed by atoms with Gasteiger partial charge >= 0.3 is 0 Å². The third kappa shape index (κ3) is 4.22. The van der Waals surface area contributed by atoms with Gasteiger partial charge in [-0.3, -0.25) is 14.4 Å². The van der Waals surface area contributed by atoms with E-state index in [-0.39, 0.29) is 18.1 Å². The van der Waals surface area contributed by atoms with Crippen LogP contribution < -0.4 is 5.32 Å². The summed E-state index contributed by atoms with van der Waals surface area (Å²) < 4.78 is 7.99. The number of hydrogen-bond donors (Lipinski definition) is 1. The second-order valence-electron chi connectivity index (χ2n) is 7.74. The normalized spacial score (nSPS) is 25.3. The molecule has 0 saturated carbocycles. The predicted octanol–water partition coefficient (Wildman–Crippen LogP) is 2.22. The molecule has 1 aromatic carbocycles. The molecule has 2 saturated heterocycles. The number of rotatable bonds is 5. The van der Waals surface area contributed by atoms with Crippen molar-refractivity contribution in [2.45, 2.75) is 51.4 Å². The van der Waals surface area contributed by atoms with Crippen LogP contribution in [0.25, 0.3) is 0 Å². The number of fused-ring (bicyclic) bond motifs is 1. The lowest BCUT2D eigenvalue weighted by atomic mass is 10.1. The zero-order valence-electron chi connectivity index (χ0n) is 16.1. The molecule has 4 rings (SSSR count). The average Bonchev–Trinajstić information content (AvgIpc) is 3.21. The monoisotopic (exact) mass is 368 g/mol. The molecule has 3 atom stereocenters. The number of hydrogen-bond acceptors (Lipinski definition) is 4. The SMILES string of the molecule is Cc1cc(C)n(CCC(=O)N[C@@H]2C[C@H]3CO[C@@H](c4ccccc4)CN3C2)n1. The molecule has 0 aliphatic carbocycles. The van der Waals surface area contributed by atoms with E-state index in [0.29, 0.717) is 19.0 Å². The molecule has 27 heavy (non-hydrogen) atoms. The van der Waals surface area contributed by atoms with Crippen molar-refractivity contribution >= 4 is 5.91 Å². The van der Waals surface area contributed by atoms with Crippen molar-refractivity contribution < 1.29 is 9.53 Å². The Morgan fingerprint density at radius 3 is 2.81 bits per heavy atom. The molecule has 2 aliphatic heterocycles. The second kappa shape index (κ2) is 7.82. The summed E-state index contributed by atoms with van der Waals surface area (Å²) in [7, 11) is 0. The Morgan fingerprint density at radius 2 is 2.07 bits per heavy atom. The number of benzene rings is 1. The first-order valence-corrected chi connectivity index (χ1v) is 9.79. The third-order valence-electron chi connectivity index (χ3n) is 5.61. The number of nitrogens with zero attached hydrogens (tertiary/aromatic N) is 3. The first-order valence-electron chi connectivity index (χ1n) is 9.79. The number of nitrogens with one attached hydrogen (secondary N) is 1. The minimum absolute atomic E-state index is 0.105. The van der Waals surface area contributed by atoms with Crippen LogP contribution in [0.3, 0.4) is 0 Å². The van der Waals surface area contributed by atoms with Crippen LogP contribution in [-0.2, 0) is 16.1 Å². The summed E-state index contributed by atoms with van der Waals surface area (Å²) in [5, 5.41) is 7.63. The molecule has 3 heterocycles. The summed E-state index contributed by atoms with van der Waals surface area (Å²) >= 11 is 0. The van der Waals surface area contributed by atoms with Gasteiger partial charge < -0.3 is 10.1 Å². The largest absolute Gasteiger partial charge is 0.371 e. The zero-order valence-corrected chi connectivity index (χ0v) is 16.1. The first kappa shape index (κ1) is 18.2. The topological polar surface area (TPSA) is 59.4 Å². The molecule has 144 valence electrons. The summed E-state index contributed by atoms with van der Waals surface area (Å²) in [6, 6.07) is 13.0. The average molecular weight is 368 g/mol. The molecule has 6 nitrogen and oxygen atoms in total. The highest BCUT2D eigenvalue weighted by Gasteiger charge is 2.38. The van der Waals surface area contributed by atoms with Crippen molar-refractivity contribution in [1.29, 1.82) is 0 Å². The van der Waals surface area contributed by atoms with E-state index in [1.54, 1.807) is 0 Å². The molecule has 6 heteroatoms. The Bertz CT molecular complexity index is 789. The predicted molar refractivity (Wildman–Crippen MR) is 103 cm³/mol. The highest BCUT2D eigenvalue weighted by atomic mass is 16.5. The molecular formula is C21H28N4O2. The van der Waals surface area contributed by atoms with E-state index in [2.05, 4.69) is 39.6 Å². The molecule has 1 aromatic heterocycles. The van der Waals surface area contributed by atoms with E-state index in [9.17, 15) is 4.79 Å². The van der Waals surface area contributed by atoms with Gasteiger partial charge in [0.2, 0.25) is 5.91 Å². The van der Waals surface area contributed by atoms with Gasteiger partial charge in [-0.1, -0.05) is 30.3 Å². The maximum atomic E-state index is 12.4. The van der Waals surface area contributed by atoms with E-state index in [0.717, 1.165) is 37.5 Å². The molecular weight excluding hydrogens is 340 g/mol. The van der Waals surface area contributed by atoms with Crippen molar-refractivity contribution in [3.05, 3.63) is 53.3 Å². The summed E-state index contributed by atoms with van der Waals surface area (Å²) in [6.45, 7) is 7.16. The lowest BCUT2D eigenvalue weighted by molar-refractivity contribution is -0.122. The van der Waals surface area contributed by atoms with Crippen molar-refractivity contribution in [3.8, 4) is 0 Å². The number of ether oxygens (including phenoxy) is 1. The Hall–Kier alpha value is -2.18. The van der Waals surface area contributed by atoms with Gasteiger partial charge in [-0.15, -0.1) is 0 Å². The van der Waals surface area contributed by atoms with Crippen LogP contribution in [0.5, 0.6) is 0 Å². The minimum Gasteiger partial charge on any atom is -0.371 e. The fraction of sp³-hybridized carbons (Fsp3) is 0.524. The lowest BCUT2D eigenvalue weighted by Crippen LogP contribution is -2.43. The standard InChI is InChI=1S/C21H28N4O2/c1-15-10-16(2)25(23-15)9-8-21(26)22-18-11-19-14-27-20(13-24(19)12-18)17-6-4-3-5-7-17/h3-7,10,18-20H,8-9,11-14H2,1-2H3,(H,22,26)/t18-,19+,20-/m1/s1. The van der Waals surface area contributed by atoms with Gasteiger partial charge in [-0.25, -0.2) is 0 Å². The van der Waals surface area contributed by atoms with Crippen LogP contribution >= 0.6 is 0 Å². The number of amides is 1. The fourth-order valence-electron chi connectivity index (χ4n) is 4.26.